The number of hydrogen-bond acceptors (Lipinski definition) is 2. The molecule has 3 rings (SSSR count). The van der Waals surface area contributed by atoms with Crippen molar-refractivity contribution >= 4 is 5.69 Å². The van der Waals surface area contributed by atoms with Crippen molar-refractivity contribution in [2.24, 2.45) is 0 Å². The summed E-state index contributed by atoms with van der Waals surface area (Å²) in [7, 11) is 2.12. The van der Waals surface area contributed by atoms with Gasteiger partial charge in [-0.25, -0.2) is 0 Å². The maximum absolute atomic E-state index is 5.86. The average molecular weight is 175 g/mol. The van der Waals surface area contributed by atoms with Gasteiger partial charge in [-0.15, -0.1) is 0 Å². The lowest BCUT2D eigenvalue weighted by Crippen LogP contribution is -2.34. The summed E-state index contributed by atoms with van der Waals surface area (Å²) in [4.78, 5) is 2.25. The van der Waals surface area contributed by atoms with Crippen LogP contribution in [-0.2, 0) is 4.74 Å². The second kappa shape index (κ2) is 2.48. The van der Waals surface area contributed by atoms with Crippen molar-refractivity contribution in [3.63, 3.8) is 0 Å². The third-order valence-electron chi connectivity index (χ3n) is 3.09. The van der Waals surface area contributed by atoms with Gasteiger partial charge in [-0.2, -0.15) is 0 Å². The molecule has 2 heterocycles. The van der Waals surface area contributed by atoms with Gasteiger partial charge in [-0.05, 0) is 18.9 Å². The zero-order valence-electron chi connectivity index (χ0n) is 7.73. The van der Waals surface area contributed by atoms with Gasteiger partial charge in [0.2, 0.25) is 0 Å². The lowest BCUT2D eigenvalue weighted by Gasteiger charge is -2.33. The lowest BCUT2D eigenvalue weighted by molar-refractivity contribution is 0.0355. The number of nitrogens with zero attached hydrogens (tertiary/aromatic N) is 1. The van der Waals surface area contributed by atoms with Gasteiger partial charge >= 0.3 is 0 Å². The first-order chi connectivity index (χ1) is 6.36. The van der Waals surface area contributed by atoms with E-state index in [2.05, 4.69) is 36.2 Å². The second-order valence-corrected chi connectivity index (χ2v) is 3.83. The zero-order valence-corrected chi connectivity index (χ0v) is 7.73. The van der Waals surface area contributed by atoms with Crippen LogP contribution in [0.2, 0.25) is 0 Å². The quantitative estimate of drug-likeness (QED) is 0.600. The first kappa shape index (κ1) is 7.39. The second-order valence-electron chi connectivity index (χ2n) is 3.83. The number of ether oxygens (including phenoxy) is 1. The van der Waals surface area contributed by atoms with Crippen molar-refractivity contribution < 1.29 is 4.74 Å². The maximum atomic E-state index is 5.86. The fourth-order valence-corrected chi connectivity index (χ4v) is 2.37. The minimum atomic E-state index is 0.319. The van der Waals surface area contributed by atoms with E-state index < -0.39 is 0 Å². The van der Waals surface area contributed by atoms with Crippen molar-refractivity contribution in [1.29, 1.82) is 0 Å². The molecule has 13 heavy (non-hydrogen) atoms. The minimum absolute atomic E-state index is 0.319. The van der Waals surface area contributed by atoms with E-state index in [1.54, 1.807) is 0 Å². The molecule has 0 spiro atoms. The van der Waals surface area contributed by atoms with Crippen molar-refractivity contribution in [2.45, 2.75) is 25.2 Å². The molecule has 0 N–H and O–H groups in total. The molecule has 2 unspecified atom stereocenters. The molecule has 0 saturated carbocycles. The van der Waals surface area contributed by atoms with Crippen molar-refractivity contribution in [3.8, 4) is 0 Å². The van der Waals surface area contributed by atoms with Gasteiger partial charge in [0.15, 0.2) is 0 Å². The minimum Gasteiger partial charge on any atom is -0.350 e. The first-order valence-electron chi connectivity index (χ1n) is 4.83. The van der Waals surface area contributed by atoms with Crippen molar-refractivity contribution in [3.05, 3.63) is 29.8 Å². The van der Waals surface area contributed by atoms with E-state index in [-0.39, 0.29) is 0 Å². The van der Waals surface area contributed by atoms with E-state index in [0.29, 0.717) is 12.3 Å². The summed E-state index contributed by atoms with van der Waals surface area (Å²) in [6.45, 7) is 0. The molecule has 2 heteroatoms. The molecule has 2 atom stereocenters. The topological polar surface area (TPSA) is 12.5 Å². The van der Waals surface area contributed by atoms with Crippen molar-refractivity contribution in [2.75, 3.05) is 11.9 Å². The summed E-state index contributed by atoms with van der Waals surface area (Å²) in [6, 6.07) is 8.55. The molecule has 0 amide bonds. The Labute approximate surface area is 78.1 Å². The van der Waals surface area contributed by atoms with E-state index in [0.717, 1.165) is 6.42 Å². The summed E-state index contributed by atoms with van der Waals surface area (Å²) >= 11 is 0. The van der Waals surface area contributed by atoms with Gasteiger partial charge in [0, 0.05) is 18.3 Å². The average Bonchev–Trinajstić information content (AvgIpc) is 2.61. The Kier molecular flexibility index (Phi) is 1.41. The van der Waals surface area contributed by atoms with Crippen LogP contribution in [0, 0.1) is 0 Å². The highest BCUT2D eigenvalue weighted by atomic mass is 16.5. The van der Waals surface area contributed by atoms with Crippen LogP contribution in [0.4, 0.5) is 5.69 Å². The van der Waals surface area contributed by atoms with Crippen LogP contribution in [0.3, 0.4) is 0 Å². The molecule has 1 aromatic carbocycles. The molecule has 2 aliphatic heterocycles. The normalized spacial score (nSPS) is 30.4. The molecule has 0 radical (unpaired) electrons. The number of rotatable bonds is 0. The number of hydrogen-bond donors (Lipinski definition) is 0. The molecule has 2 bridgehead atoms. The van der Waals surface area contributed by atoms with Gasteiger partial charge in [0.05, 0.1) is 6.10 Å². The molecule has 2 aliphatic rings. The van der Waals surface area contributed by atoms with Crippen LogP contribution in [0.5, 0.6) is 0 Å². The Hall–Kier alpha value is -1.02. The smallest absolute Gasteiger partial charge is 0.130 e. The van der Waals surface area contributed by atoms with Gasteiger partial charge in [0.25, 0.3) is 0 Å². The predicted molar refractivity (Wildman–Crippen MR) is 51.7 cm³/mol. The highest BCUT2D eigenvalue weighted by molar-refractivity contribution is 5.56. The van der Waals surface area contributed by atoms with Crippen LogP contribution in [0.25, 0.3) is 0 Å². The molecular formula is C11H13NO. The molecule has 2 nitrogen and oxygen atoms in total. The van der Waals surface area contributed by atoms with Crippen LogP contribution in [0.15, 0.2) is 24.3 Å². The summed E-state index contributed by atoms with van der Waals surface area (Å²) < 4.78 is 5.86. The number of fused-ring (bicyclic) bond motifs is 4. The SMILES string of the molecule is CN1c2ccccc2C2CCC1O2. The number of benzene rings is 1. The van der Waals surface area contributed by atoms with Gasteiger partial charge in [0.1, 0.15) is 6.23 Å². The van der Waals surface area contributed by atoms with Crippen LogP contribution in [-0.4, -0.2) is 13.3 Å². The Morgan fingerprint density at radius 1 is 1.31 bits per heavy atom. The Balaban J connectivity index is 2.16. The summed E-state index contributed by atoms with van der Waals surface area (Å²) in [5, 5.41) is 0. The van der Waals surface area contributed by atoms with Crippen LogP contribution < -0.4 is 4.90 Å². The third kappa shape index (κ3) is 0.923. The van der Waals surface area contributed by atoms with Gasteiger partial charge in [-0.1, -0.05) is 18.2 Å². The lowest BCUT2D eigenvalue weighted by atomic mass is 10.1. The van der Waals surface area contributed by atoms with Gasteiger partial charge in [-0.3, -0.25) is 0 Å². The highest BCUT2D eigenvalue weighted by Gasteiger charge is 2.36. The fraction of sp³-hybridized carbons (Fsp3) is 0.455. The molecule has 1 saturated heterocycles. The predicted octanol–water partition coefficient (Wildman–Crippen LogP) is 2.31. The molecule has 1 fully saturated rings. The van der Waals surface area contributed by atoms with E-state index in [1.165, 1.54) is 17.7 Å². The molecular weight excluding hydrogens is 162 g/mol. The van der Waals surface area contributed by atoms with E-state index in [4.69, 9.17) is 4.74 Å². The largest absolute Gasteiger partial charge is 0.350 e. The fourth-order valence-electron chi connectivity index (χ4n) is 2.37. The van der Waals surface area contributed by atoms with E-state index in [1.807, 2.05) is 0 Å². The van der Waals surface area contributed by atoms with Crippen molar-refractivity contribution in [1.82, 2.24) is 0 Å². The van der Waals surface area contributed by atoms with E-state index >= 15 is 0 Å². The first-order valence-corrected chi connectivity index (χ1v) is 4.83. The molecule has 1 aromatic rings. The Morgan fingerprint density at radius 2 is 2.15 bits per heavy atom. The standard InChI is InChI=1S/C11H13NO/c1-12-9-5-3-2-4-8(9)10-6-7-11(12)13-10/h2-5,10-11H,6-7H2,1H3. The zero-order chi connectivity index (χ0) is 8.84. The molecule has 68 valence electrons. The third-order valence-corrected chi connectivity index (χ3v) is 3.09. The summed E-state index contributed by atoms with van der Waals surface area (Å²) in [5.41, 5.74) is 2.71. The summed E-state index contributed by atoms with van der Waals surface area (Å²) in [5.74, 6) is 0. The number of anilines is 1. The highest BCUT2D eigenvalue weighted by Crippen LogP contribution is 2.44. The maximum Gasteiger partial charge on any atom is 0.130 e. The van der Waals surface area contributed by atoms with Gasteiger partial charge < -0.3 is 9.64 Å². The molecule has 0 aromatic heterocycles. The van der Waals surface area contributed by atoms with Crippen LogP contribution >= 0.6 is 0 Å². The Morgan fingerprint density at radius 3 is 3.08 bits per heavy atom. The monoisotopic (exact) mass is 175 g/mol. The summed E-state index contributed by atoms with van der Waals surface area (Å²) in [6.07, 6.45) is 3.01. The molecule has 0 aliphatic carbocycles. The van der Waals surface area contributed by atoms with Crippen LogP contribution in [0.1, 0.15) is 24.5 Å². The Bertz CT molecular complexity index is 322. The number of para-hydroxylation sites is 1. The van der Waals surface area contributed by atoms with E-state index in [9.17, 15) is 0 Å².